The monoisotopic (exact) mass is 262 g/mol. The summed E-state index contributed by atoms with van der Waals surface area (Å²) in [5.74, 6) is 0.544. The van der Waals surface area contributed by atoms with Gasteiger partial charge in [-0.25, -0.2) is 0 Å². The summed E-state index contributed by atoms with van der Waals surface area (Å²) in [7, 11) is 0. The third-order valence-electron chi connectivity index (χ3n) is 2.06. The molecule has 0 amide bonds. The van der Waals surface area contributed by atoms with Gasteiger partial charge in [-0.15, -0.1) is 34.7 Å². The van der Waals surface area contributed by atoms with E-state index in [1.54, 1.807) is 23.1 Å². The first kappa shape index (κ1) is 10.6. The van der Waals surface area contributed by atoms with Crippen LogP contribution in [0.1, 0.15) is 5.56 Å². The number of benzene rings is 1. The molecule has 0 saturated heterocycles. The van der Waals surface area contributed by atoms with Gasteiger partial charge in [0.15, 0.2) is 0 Å². The molecule has 14 heavy (non-hydrogen) atoms. The molecule has 0 atom stereocenters. The van der Waals surface area contributed by atoms with E-state index in [1.807, 2.05) is 6.07 Å². The van der Waals surface area contributed by atoms with Crippen molar-refractivity contribution in [1.82, 2.24) is 0 Å². The topological polar surface area (TPSA) is 0 Å². The maximum Gasteiger partial charge on any atom is 0.0941 e. The molecule has 1 heterocycles. The molecule has 0 spiro atoms. The Hall–Kier alpha value is 0.110. The molecule has 0 saturated carbocycles. The van der Waals surface area contributed by atoms with E-state index in [2.05, 4.69) is 18.4 Å². The zero-order valence-electron chi connectivity index (χ0n) is 7.51. The lowest BCUT2D eigenvalue weighted by molar-refractivity contribution is 1.43. The summed E-state index contributed by atoms with van der Waals surface area (Å²) in [4.78, 5) is 1.26. The average Bonchev–Trinajstić information content (AvgIpc) is 2.57. The number of thiophene rings is 1. The molecule has 2 aromatic rings. The lowest BCUT2D eigenvalue weighted by atomic mass is 10.2. The normalized spacial score (nSPS) is 11.1. The Morgan fingerprint density at radius 3 is 2.86 bits per heavy atom. The first-order chi connectivity index (χ1) is 6.76. The maximum atomic E-state index is 6.01. The fraction of sp³-hybridized carbons (Fsp3) is 0.200. The van der Waals surface area contributed by atoms with Crippen LogP contribution in [0.2, 0.25) is 4.34 Å². The van der Waals surface area contributed by atoms with Crippen LogP contribution in [0.5, 0.6) is 0 Å². The molecule has 0 radical (unpaired) electrons. The van der Waals surface area contributed by atoms with Gasteiger partial charge in [0.2, 0.25) is 0 Å². The third kappa shape index (κ3) is 1.76. The summed E-state index contributed by atoms with van der Waals surface area (Å²) in [5.41, 5.74) is 1.16. The van der Waals surface area contributed by atoms with Crippen molar-refractivity contribution in [2.24, 2.45) is 0 Å². The van der Waals surface area contributed by atoms with E-state index in [-0.39, 0.29) is 0 Å². The Morgan fingerprint density at radius 2 is 2.21 bits per heavy atom. The lowest BCUT2D eigenvalue weighted by Gasteiger charge is -2.02. The summed E-state index contributed by atoms with van der Waals surface area (Å²) in [6.45, 7) is 0. The highest BCUT2D eigenvalue weighted by atomic mass is 35.5. The molecular formula is C10H8Cl2S2. The number of fused-ring (bicyclic) bond motifs is 1. The predicted molar refractivity (Wildman–Crippen MR) is 68.2 cm³/mol. The van der Waals surface area contributed by atoms with E-state index in [9.17, 15) is 0 Å². The minimum atomic E-state index is 0.544. The summed E-state index contributed by atoms with van der Waals surface area (Å²) < 4.78 is 2.05. The Bertz CT molecular complexity index is 421. The molecule has 0 aliphatic heterocycles. The van der Waals surface area contributed by atoms with Crippen LogP contribution in [0.25, 0.3) is 10.1 Å². The maximum absolute atomic E-state index is 6.01. The molecule has 0 bridgehead atoms. The number of rotatable bonds is 2. The SMILES string of the molecule is CSc1ccc(CCl)c2sc(Cl)cc12. The van der Waals surface area contributed by atoms with Crippen molar-refractivity contribution < 1.29 is 0 Å². The van der Waals surface area contributed by atoms with Gasteiger partial charge in [-0.1, -0.05) is 17.7 Å². The summed E-state index contributed by atoms with van der Waals surface area (Å²) in [5, 5.41) is 1.23. The molecule has 4 heteroatoms. The van der Waals surface area contributed by atoms with Gasteiger partial charge >= 0.3 is 0 Å². The first-order valence-electron chi connectivity index (χ1n) is 4.07. The van der Waals surface area contributed by atoms with Crippen molar-refractivity contribution in [2.75, 3.05) is 6.26 Å². The van der Waals surface area contributed by atoms with E-state index < -0.39 is 0 Å². The van der Waals surface area contributed by atoms with Crippen molar-refractivity contribution in [2.45, 2.75) is 10.8 Å². The molecule has 1 aromatic carbocycles. The van der Waals surface area contributed by atoms with Gasteiger partial charge in [-0.3, -0.25) is 0 Å². The van der Waals surface area contributed by atoms with Gasteiger partial charge in [-0.05, 0) is 24.0 Å². The van der Waals surface area contributed by atoms with Crippen LogP contribution in [0, 0.1) is 0 Å². The van der Waals surface area contributed by atoms with Crippen LogP contribution in [0.15, 0.2) is 23.1 Å². The van der Waals surface area contributed by atoms with Crippen LogP contribution in [-0.4, -0.2) is 6.26 Å². The van der Waals surface area contributed by atoms with Crippen molar-refractivity contribution in [3.8, 4) is 0 Å². The largest absolute Gasteiger partial charge is 0.129 e. The molecule has 74 valence electrons. The third-order valence-corrected chi connectivity index (χ3v) is 4.48. The summed E-state index contributed by atoms with van der Waals surface area (Å²) in [6, 6.07) is 6.20. The first-order valence-corrected chi connectivity index (χ1v) is 7.02. The van der Waals surface area contributed by atoms with Crippen LogP contribution in [0.4, 0.5) is 0 Å². The van der Waals surface area contributed by atoms with Crippen LogP contribution in [-0.2, 0) is 5.88 Å². The van der Waals surface area contributed by atoms with Crippen molar-refractivity contribution in [3.05, 3.63) is 28.1 Å². The van der Waals surface area contributed by atoms with E-state index in [1.165, 1.54) is 15.0 Å². The van der Waals surface area contributed by atoms with E-state index in [0.717, 1.165) is 9.90 Å². The molecule has 1 aromatic heterocycles. The highest BCUT2D eigenvalue weighted by molar-refractivity contribution is 7.98. The minimum Gasteiger partial charge on any atom is -0.129 e. The smallest absolute Gasteiger partial charge is 0.0941 e. The Kier molecular flexibility index (Phi) is 3.27. The molecule has 0 aliphatic rings. The minimum absolute atomic E-state index is 0.544. The van der Waals surface area contributed by atoms with Crippen LogP contribution in [0.3, 0.4) is 0 Å². The number of alkyl halides is 1. The molecule has 2 rings (SSSR count). The number of thioether (sulfide) groups is 1. The van der Waals surface area contributed by atoms with Gasteiger partial charge in [0.25, 0.3) is 0 Å². The van der Waals surface area contributed by atoms with Gasteiger partial charge in [0, 0.05) is 20.9 Å². The molecule has 0 unspecified atom stereocenters. The van der Waals surface area contributed by atoms with Gasteiger partial charge in [0.05, 0.1) is 4.34 Å². The van der Waals surface area contributed by atoms with Crippen LogP contribution < -0.4 is 0 Å². The number of hydrogen-bond acceptors (Lipinski definition) is 2. The quantitative estimate of drug-likeness (QED) is 0.541. The van der Waals surface area contributed by atoms with E-state index in [0.29, 0.717) is 5.88 Å². The Labute approximate surface area is 101 Å². The highest BCUT2D eigenvalue weighted by Crippen LogP contribution is 2.37. The molecular weight excluding hydrogens is 255 g/mol. The zero-order valence-corrected chi connectivity index (χ0v) is 10.7. The predicted octanol–water partition coefficient (Wildman–Crippen LogP) is 5.02. The van der Waals surface area contributed by atoms with Crippen molar-refractivity contribution in [1.29, 1.82) is 0 Å². The fourth-order valence-electron chi connectivity index (χ4n) is 1.41. The standard InChI is InChI=1S/C10H8Cl2S2/c1-13-8-3-2-6(5-11)10-7(8)4-9(12)14-10/h2-4H,5H2,1H3. The van der Waals surface area contributed by atoms with Crippen LogP contribution >= 0.6 is 46.3 Å². The second kappa shape index (κ2) is 4.31. The summed E-state index contributed by atoms with van der Waals surface area (Å²) in [6.07, 6.45) is 2.07. The molecule has 0 N–H and O–H groups in total. The lowest BCUT2D eigenvalue weighted by Crippen LogP contribution is -1.79. The van der Waals surface area contributed by atoms with E-state index in [4.69, 9.17) is 23.2 Å². The van der Waals surface area contributed by atoms with E-state index >= 15 is 0 Å². The summed E-state index contributed by atoms with van der Waals surface area (Å²) >= 11 is 15.2. The van der Waals surface area contributed by atoms with Crippen molar-refractivity contribution in [3.63, 3.8) is 0 Å². The van der Waals surface area contributed by atoms with Gasteiger partial charge < -0.3 is 0 Å². The van der Waals surface area contributed by atoms with Crippen molar-refractivity contribution >= 4 is 56.4 Å². The Balaban J connectivity index is 2.77. The number of halogens is 2. The van der Waals surface area contributed by atoms with Gasteiger partial charge in [-0.2, -0.15) is 0 Å². The van der Waals surface area contributed by atoms with Gasteiger partial charge in [0.1, 0.15) is 0 Å². The zero-order chi connectivity index (χ0) is 10.1. The Morgan fingerprint density at radius 1 is 1.43 bits per heavy atom. The number of hydrogen-bond donors (Lipinski definition) is 0. The molecule has 0 aliphatic carbocycles. The highest BCUT2D eigenvalue weighted by Gasteiger charge is 2.08. The molecule has 0 fully saturated rings. The second-order valence-electron chi connectivity index (χ2n) is 2.85. The second-order valence-corrected chi connectivity index (χ2v) is 5.65. The average molecular weight is 263 g/mol. The molecule has 0 nitrogen and oxygen atoms in total. The fourth-order valence-corrected chi connectivity index (χ4v) is 3.62.